The zero-order chi connectivity index (χ0) is 29.9. The molecular weight excluding hydrogens is 620 g/mol. The molecule has 0 aromatic heterocycles. The van der Waals surface area contributed by atoms with Crippen LogP contribution in [-0.4, -0.2) is 16.8 Å². The molecule has 1 aliphatic heterocycles. The van der Waals surface area contributed by atoms with Crippen LogP contribution in [-0.2, 0) is 115 Å². The van der Waals surface area contributed by atoms with Gasteiger partial charge in [-0.25, -0.2) is 5.26 Å². The summed E-state index contributed by atoms with van der Waals surface area (Å²) >= 11 is 1.30. The molecule has 24 nitrogen and oxygen atoms in total. The number of carbonyl (C=O) groups excluding carboxylic acids is 2. The van der Waals surface area contributed by atoms with Crippen LogP contribution in [0.1, 0.15) is 12.0 Å². The van der Waals surface area contributed by atoms with Crippen molar-refractivity contribution in [3.63, 3.8) is 0 Å². The molecule has 0 spiro atoms. The molecule has 232 valence electrons. The summed E-state index contributed by atoms with van der Waals surface area (Å²) in [4.78, 5) is 24.3. The maximum absolute atomic E-state index is 11.3. The Morgan fingerprint density at radius 2 is 1.02 bits per heavy atom. The van der Waals surface area contributed by atoms with Crippen LogP contribution in [0.25, 0.3) is 16.7 Å². The van der Waals surface area contributed by atoms with Gasteiger partial charge in [-0.2, -0.15) is 0 Å². The highest BCUT2D eigenvalue weighted by Crippen LogP contribution is 2.33. The van der Waals surface area contributed by atoms with Crippen molar-refractivity contribution in [1.29, 1.82) is 0 Å². The first-order valence-corrected chi connectivity index (χ1v) is 10.7. The van der Waals surface area contributed by atoms with Gasteiger partial charge in [-0.1, -0.05) is 60.3 Å². The molecule has 0 saturated carbocycles. The van der Waals surface area contributed by atoms with Gasteiger partial charge in [0.1, 0.15) is 0 Å². The van der Waals surface area contributed by atoms with Crippen molar-refractivity contribution in [3.8, 4) is 11.1 Å². The van der Waals surface area contributed by atoms with E-state index in [-0.39, 0.29) is 11.6 Å². The summed E-state index contributed by atoms with van der Waals surface area (Å²) in [6, 6.07) is 18.7. The molecule has 0 fully saturated rings. The van der Waals surface area contributed by atoms with E-state index in [0.29, 0.717) is 6.42 Å². The maximum atomic E-state index is 11.3. The standard InChI is InChI=1S/C16H12OS.CH2O23/c17-16-10-15(11-18-16)14-8-4-7-13(9-14)12-5-2-1-3-6-12;2-1-4-6-8-10-12-14-16-18-20-22-24-23-21-19-17-15-13-11-9-7-5-3/h1-9,11H,10H2;1,3H. The number of allylic oxidation sites excluding steroid dienone is 1. The minimum absolute atomic E-state index is 0.158. The van der Waals surface area contributed by atoms with Gasteiger partial charge in [0.2, 0.25) is 0 Å². The molecule has 0 amide bonds. The molecule has 0 aliphatic carbocycles. The first-order valence-electron chi connectivity index (χ1n) is 9.86. The SMILES string of the molecule is O=C1CC(c2cccc(-c3ccccc3)c2)=CS1.O=COOOOOOOOOOOOOOOOOOOOOO. The normalized spacial score (nSPS) is 12.5. The van der Waals surface area contributed by atoms with E-state index in [0.717, 1.165) is 11.1 Å². The molecule has 0 bridgehead atoms. The van der Waals surface area contributed by atoms with Crippen molar-refractivity contribution in [2.24, 2.45) is 0 Å². The van der Waals surface area contributed by atoms with Gasteiger partial charge in [0.25, 0.3) is 0 Å². The first kappa shape index (κ1) is 35.0. The summed E-state index contributed by atoms with van der Waals surface area (Å²) in [5.74, 6) is 0. The van der Waals surface area contributed by atoms with Gasteiger partial charge in [-0.15, -0.1) is 0 Å². The highest BCUT2D eigenvalue weighted by molar-refractivity contribution is 8.16. The minimum Gasteiger partial charge on any atom is -0.286 e. The minimum atomic E-state index is -0.158. The number of hydrogen-bond acceptors (Lipinski definition) is 25. The largest absolute Gasteiger partial charge is 0.334 e. The van der Waals surface area contributed by atoms with Crippen LogP contribution in [0.15, 0.2) is 60.0 Å². The zero-order valence-electron chi connectivity index (χ0n) is 19.8. The highest BCUT2D eigenvalue weighted by Gasteiger charge is 2.15. The Morgan fingerprint density at radius 3 is 1.48 bits per heavy atom. The lowest BCUT2D eigenvalue weighted by Crippen LogP contribution is -2.05. The average molecular weight is 634 g/mol. The second-order valence-corrected chi connectivity index (χ2v) is 6.74. The van der Waals surface area contributed by atoms with Crippen LogP contribution in [0.3, 0.4) is 0 Å². The van der Waals surface area contributed by atoms with Crippen molar-refractivity contribution in [2.45, 2.75) is 6.42 Å². The fraction of sp³-hybridized carbons (Fsp3) is 0.0588. The second kappa shape index (κ2) is 24.4. The molecule has 1 heterocycles. The summed E-state index contributed by atoms with van der Waals surface area (Å²) in [5.41, 5.74) is 4.67. The lowest BCUT2D eigenvalue weighted by molar-refractivity contribution is -0.896. The van der Waals surface area contributed by atoms with Gasteiger partial charge in [-0.05, 0) is 74.0 Å². The van der Waals surface area contributed by atoms with Crippen LogP contribution in [0.5, 0.6) is 0 Å². The topological polar surface area (TPSA) is 248 Å². The van der Waals surface area contributed by atoms with E-state index in [1.165, 1.54) is 22.9 Å². The van der Waals surface area contributed by atoms with Crippen molar-refractivity contribution in [2.75, 3.05) is 0 Å². The van der Waals surface area contributed by atoms with Gasteiger partial charge in [0.05, 0.1) is 0 Å². The summed E-state index contributed by atoms with van der Waals surface area (Å²) in [6.07, 6.45) is 0.545. The molecule has 1 N–H and O–H groups in total. The van der Waals surface area contributed by atoms with Gasteiger partial charge in [0, 0.05) is 66.9 Å². The second-order valence-electron chi connectivity index (χ2n) is 5.82. The molecule has 2 aromatic carbocycles. The third-order valence-corrected chi connectivity index (χ3v) is 4.43. The van der Waals surface area contributed by atoms with E-state index in [4.69, 9.17) is 5.26 Å². The van der Waals surface area contributed by atoms with E-state index in [2.05, 4.69) is 136 Å². The number of rotatable bonds is 23. The number of carbonyl (C=O) groups is 2. The van der Waals surface area contributed by atoms with Crippen molar-refractivity contribution in [3.05, 3.63) is 65.6 Å². The van der Waals surface area contributed by atoms with Gasteiger partial charge in [-0.3, -0.25) is 14.5 Å². The smallest absolute Gasteiger partial charge is 0.286 e. The summed E-state index contributed by atoms with van der Waals surface area (Å²) in [6.45, 7) is -0.158. The molecule has 0 saturated heterocycles. The van der Waals surface area contributed by atoms with Crippen LogP contribution >= 0.6 is 11.8 Å². The van der Waals surface area contributed by atoms with Crippen LogP contribution in [0.2, 0.25) is 0 Å². The van der Waals surface area contributed by atoms with E-state index in [1.807, 2.05) is 29.7 Å². The first-order chi connectivity index (χ1) is 20.7. The Kier molecular flexibility index (Phi) is 20.4. The Balaban J connectivity index is 0.000000303. The van der Waals surface area contributed by atoms with E-state index < -0.39 is 0 Å². The van der Waals surface area contributed by atoms with Crippen molar-refractivity contribution < 1.29 is 120 Å². The van der Waals surface area contributed by atoms with E-state index in [1.54, 1.807) is 0 Å². The van der Waals surface area contributed by atoms with Gasteiger partial charge >= 0.3 is 6.47 Å². The average Bonchev–Trinajstić information content (AvgIpc) is 3.47. The molecule has 3 rings (SSSR count). The number of thioether (sulfide) groups is 1. The van der Waals surface area contributed by atoms with Crippen LogP contribution < -0.4 is 0 Å². The number of benzene rings is 2. The lowest BCUT2D eigenvalue weighted by Gasteiger charge is -2.05. The summed E-state index contributed by atoms with van der Waals surface area (Å²) in [5, 5.41) is 77.9. The Morgan fingerprint density at radius 1 is 0.571 bits per heavy atom. The Bertz CT molecular complexity index is 1010. The van der Waals surface area contributed by atoms with E-state index in [9.17, 15) is 9.59 Å². The fourth-order valence-corrected chi connectivity index (χ4v) is 3.04. The summed E-state index contributed by atoms with van der Waals surface area (Å²) < 4.78 is 0. The summed E-state index contributed by atoms with van der Waals surface area (Å²) in [7, 11) is 0. The third-order valence-electron chi connectivity index (χ3n) is 3.62. The highest BCUT2D eigenvalue weighted by atomic mass is 32.2. The monoisotopic (exact) mass is 634 g/mol. The van der Waals surface area contributed by atoms with Crippen molar-refractivity contribution >= 4 is 28.9 Å². The lowest BCUT2D eigenvalue weighted by atomic mass is 9.99. The molecule has 0 unspecified atom stereocenters. The molecule has 0 atom stereocenters. The Labute approximate surface area is 233 Å². The van der Waals surface area contributed by atoms with Crippen LogP contribution in [0, 0.1) is 0 Å². The Hall–Kier alpha value is -3.17. The van der Waals surface area contributed by atoms with Crippen molar-refractivity contribution in [1.82, 2.24) is 0 Å². The van der Waals surface area contributed by atoms with Gasteiger partial charge in [0.15, 0.2) is 5.12 Å². The quantitative estimate of drug-likeness (QED) is 0.0798. The zero-order valence-corrected chi connectivity index (χ0v) is 20.6. The van der Waals surface area contributed by atoms with E-state index >= 15 is 0 Å². The fourth-order valence-electron chi connectivity index (χ4n) is 2.31. The molecule has 0 radical (unpaired) electrons. The van der Waals surface area contributed by atoms with Crippen LogP contribution in [0.4, 0.5) is 0 Å². The predicted molar refractivity (Wildman–Crippen MR) is 109 cm³/mol. The molecule has 42 heavy (non-hydrogen) atoms. The van der Waals surface area contributed by atoms with Gasteiger partial charge < -0.3 is 0 Å². The molecule has 2 aromatic rings. The molecule has 1 aliphatic rings. The third kappa shape index (κ3) is 16.9. The molecular formula is C17H14O24S. The maximum Gasteiger partial charge on any atom is 0.334 e. The number of hydrogen-bond donors (Lipinski definition) is 1. The predicted octanol–water partition coefficient (Wildman–Crippen LogP) is 2.62. The molecule has 25 heteroatoms.